The van der Waals surface area contributed by atoms with Crippen LogP contribution in [0, 0.1) is 0 Å². The number of carbonyl (C=O) groups excluding carboxylic acids is 2. The largest absolute Gasteiger partial charge is 0.463 e. The van der Waals surface area contributed by atoms with Crippen molar-refractivity contribution in [3.8, 4) is 0 Å². The maximum absolute atomic E-state index is 12.6. The quantitative estimate of drug-likeness (QED) is 0.538. The van der Waals surface area contributed by atoms with Crippen LogP contribution in [-0.2, 0) is 23.8 Å². The van der Waals surface area contributed by atoms with E-state index in [1.807, 2.05) is 24.3 Å². The van der Waals surface area contributed by atoms with Crippen LogP contribution in [0.4, 0.5) is 0 Å². The minimum atomic E-state index is -0.651. The second kappa shape index (κ2) is 8.52. The van der Waals surface area contributed by atoms with Gasteiger partial charge in [0.25, 0.3) is 0 Å². The zero-order valence-electron chi connectivity index (χ0n) is 17.2. The number of benzene rings is 2. The number of carbonyl (C=O) groups is 2. The Balaban J connectivity index is 1.96. The first-order chi connectivity index (χ1) is 13.7. The Morgan fingerprint density at radius 3 is 2.55 bits per heavy atom. The molecule has 0 aromatic heterocycles. The molecule has 2 aromatic carbocycles. The third-order valence-corrected chi connectivity index (χ3v) is 4.38. The van der Waals surface area contributed by atoms with E-state index in [1.54, 1.807) is 33.8 Å². The van der Waals surface area contributed by atoms with Gasteiger partial charge in [-0.25, -0.2) is 9.59 Å². The normalized spacial score (nSPS) is 18.1. The fourth-order valence-electron chi connectivity index (χ4n) is 3.17. The van der Waals surface area contributed by atoms with Crippen LogP contribution in [-0.4, -0.2) is 24.1 Å². The summed E-state index contributed by atoms with van der Waals surface area (Å²) in [6.07, 6.45) is 3.51. The van der Waals surface area contributed by atoms with E-state index < -0.39 is 17.5 Å². The van der Waals surface area contributed by atoms with Crippen molar-refractivity contribution in [1.29, 1.82) is 0 Å². The van der Waals surface area contributed by atoms with Crippen molar-refractivity contribution >= 4 is 22.7 Å². The van der Waals surface area contributed by atoms with Crippen molar-refractivity contribution in [3.05, 3.63) is 71.7 Å². The molecule has 0 unspecified atom stereocenters. The maximum atomic E-state index is 12.6. The average molecular weight is 394 g/mol. The van der Waals surface area contributed by atoms with Crippen molar-refractivity contribution in [3.63, 3.8) is 0 Å². The second-order valence-electron chi connectivity index (χ2n) is 7.91. The molecule has 0 bridgehead atoms. The van der Waals surface area contributed by atoms with E-state index in [-0.39, 0.29) is 18.3 Å². The maximum Gasteiger partial charge on any atom is 0.374 e. The SMILES string of the molecule is CCOC(=O)/C=C1/C[C@H](c2ccc3ccccc3c2)C=C(C(=O)OC(C)(C)C)O1. The van der Waals surface area contributed by atoms with Crippen molar-refractivity contribution in [1.82, 2.24) is 0 Å². The van der Waals surface area contributed by atoms with Gasteiger partial charge in [0.1, 0.15) is 11.4 Å². The van der Waals surface area contributed by atoms with Crippen LogP contribution in [0.15, 0.2) is 66.1 Å². The summed E-state index contributed by atoms with van der Waals surface area (Å²) in [6, 6.07) is 14.3. The molecule has 2 aromatic rings. The topological polar surface area (TPSA) is 61.8 Å². The molecule has 1 heterocycles. The lowest BCUT2D eigenvalue weighted by Crippen LogP contribution is -2.27. The van der Waals surface area contributed by atoms with E-state index in [1.165, 1.54) is 6.08 Å². The molecular formula is C24H26O5. The fraction of sp³-hybridized carbons (Fsp3) is 0.333. The predicted octanol–water partition coefficient (Wildman–Crippen LogP) is 5.02. The number of ether oxygens (including phenoxy) is 3. The van der Waals surface area contributed by atoms with Crippen molar-refractivity contribution in [2.24, 2.45) is 0 Å². The molecular weight excluding hydrogens is 368 g/mol. The van der Waals surface area contributed by atoms with Gasteiger partial charge in [-0.15, -0.1) is 0 Å². The van der Waals surface area contributed by atoms with Crippen molar-refractivity contribution < 1.29 is 23.8 Å². The molecule has 152 valence electrons. The van der Waals surface area contributed by atoms with E-state index in [0.717, 1.165) is 16.3 Å². The second-order valence-corrected chi connectivity index (χ2v) is 7.91. The predicted molar refractivity (Wildman–Crippen MR) is 111 cm³/mol. The Kier molecular flexibility index (Phi) is 6.06. The highest BCUT2D eigenvalue weighted by Gasteiger charge is 2.29. The lowest BCUT2D eigenvalue weighted by Gasteiger charge is -2.26. The van der Waals surface area contributed by atoms with Gasteiger partial charge in [-0.1, -0.05) is 42.5 Å². The van der Waals surface area contributed by atoms with Gasteiger partial charge in [-0.2, -0.15) is 0 Å². The zero-order valence-corrected chi connectivity index (χ0v) is 17.2. The van der Waals surface area contributed by atoms with E-state index in [0.29, 0.717) is 12.2 Å². The molecule has 0 radical (unpaired) electrons. The molecule has 1 atom stereocenters. The summed E-state index contributed by atoms with van der Waals surface area (Å²) in [5.41, 5.74) is 0.380. The van der Waals surface area contributed by atoms with Gasteiger partial charge in [0.2, 0.25) is 5.76 Å². The van der Waals surface area contributed by atoms with Crippen molar-refractivity contribution in [2.45, 2.75) is 45.6 Å². The van der Waals surface area contributed by atoms with E-state index >= 15 is 0 Å². The van der Waals surface area contributed by atoms with E-state index in [4.69, 9.17) is 14.2 Å². The van der Waals surface area contributed by atoms with E-state index in [9.17, 15) is 9.59 Å². The third-order valence-electron chi connectivity index (χ3n) is 4.38. The lowest BCUT2D eigenvalue weighted by atomic mass is 9.90. The van der Waals surface area contributed by atoms with Crippen LogP contribution in [0.25, 0.3) is 10.8 Å². The van der Waals surface area contributed by atoms with Gasteiger partial charge in [0.05, 0.1) is 12.7 Å². The molecule has 29 heavy (non-hydrogen) atoms. The van der Waals surface area contributed by atoms with Crippen LogP contribution < -0.4 is 0 Å². The number of fused-ring (bicyclic) bond motifs is 1. The Morgan fingerprint density at radius 2 is 1.86 bits per heavy atom. The van der Waals surface area contributed by atoms with Crippen LogP contribution >= 0.6 is 0 Å². The van der Waals surface area contributed by atoms with Crippen LogP contribution in [0.1, 0.15) is 45.6 Å². The first-order valence-electron chi connectivity index (χ1n) is 9.74. The highest BCUT2D eigenvalue weighted by atomic mass is 16.6. The fourth-order valence-corrected chi connectivity index (χ4v) is 3.17. The highest BCUT2D eigenvalue weighted by Crippen LogP contribution is 2.35. The van der Waals surface area contributed by atoms with Crippen LogP contribution in [0.2, 0.25) is 0 Å². The average Bonchev–Trinajstić information content (AvgIpc) is 2.66. The third kappa shape index (κ3) is 5.47. The van der Waals surface area contributed by atoms with Gasteiger partial charge in [-0.05, 0) is 50.1 Å². The molecule has 5 nitrogen and oxygen atoms in total. The zero-order chi connectivity index (χ0) is 21.0. The Labute approximate surface area is 171 Å². The van der Waals surface area contributed by atoms with Gasteiger partial charge in [0, 0.05) is 12.3 Å². The lowest BCUT2D eigenvalue weighted by molar-refractivity contribution is -0.154. The smallest absolute Gasteiger partial charge is 0.374 e. The minimum Gasteiger partial charge on any atom is -0.463 e. The van der Waals surface area contributed by atoms with Crippen LogP contribution in [0.5, 0.6) is 0 Å². The summed E-state index contributed by atoms with van der Waals surface area (Å²) in [5, 5.41) is 2.25. The molecule has 0 fully saturated rings. The molecule has 0 aliphatic carbocycles. The molecule has 0 amide bonds. The summed E-state index contributed by atoms with van der Waals surface area (Å²) in [4.78, 5) is 24.5. The molecule has 3 rings (SSSR count). The van der Waals surface area contributed by atoms with Gasteiger partial charge in [0.15, 0.2) is 0 Å². The summed E-state index contributed by atoms with van der Waals surface area (Å²) in [5.74, 6) is -0.718. The number of esters is 2. The summed E-state index contributed by atoms with van der Waals surface area (Å²) < 4.78 is 16.1. The van der Waals surface area contributed by atoms with Gasteiger partial charge < -0.3 is 14.2 Å². The van der Waals surface area contributed by atoms with E-state index in [2.05, 4.69) is 18.2 Å². The van der Waals surface area contributed by atoms with Gasteiger partial charge in [-0.3, -0.25) is 0 Å². The molecule has 0 spiro atoms. The Bertz CT molecular complexity index is 978. The monoisotopic (exact) mass is 394 g/mol. The first-order valence-corrected chi connectivity index (χ1v) is 9.74. The molecule has 1 aliphatic heterocycles. The van der Waals surface area contributed by atoms with Gasteiger partial charge >= 0.3 is 11.9 Å². The summed E-state index contributed by atoms with van der Waals surface area (Å²) in [7, 11) is 0. The molecule has 1 aliphatic rings. The number of allylic oxidation sites excluding steroid dienone is 2. The highest BCUT2D eigenvalue weighted by molar-refractivity contribution is 5.88. The number of hydrogen-bond acceptors (Lipinski definition) is 5. The molecule has 5 heteroatoms. The first kappa shape index (κ1) is 20.6. The number of hydrogen-bond donors (Lipinski definition) is 0. The molecule has 0 saturated heterocycles. The number of rotatable bonds is 4. The van der Waals surface area contributed by atoms with Crippen molar-refractivity contribution in [2.75, 3.05) is 6.61 Å². The van der Waals surface area contributed by atoms with Crippen LogP contribution in [0.3, 0.4) is 0 Å². The molecule has 0 N–H and O–H groups in total. The molecule has 0 saturated carbocycles. The Hall–Kier alpha value is -3.08. The summed E-state index contributed by atoms with van der Waals surface area (Å²) >= 11 is 0. The summed E-state index contributed by atoms with van der Waals surface area (Å²) in [6.45, 7) is 7.40. The Morgan fingerprint density at radius 1 is 1.14 bits per heavy atom. The standard InChI is InChI=1S/C24H26O5/c1-5-27-22(25)15-20-13-19(14-21(28-20)23(26)29-24(2,3)4)18-11-10-16-8-6-7-9-17(16)12-18/h6-12,14-15,19H,5,13H2,1-4H3/b20-15-/t19-/m0/s1. The minimum absolute atomic E-state index is 0.0832.